The third-order valence-corrected chi connectivity index (χ3v) is 14.2. The van der Waals surface area contributed by atoms with Crippen molar-refractivity contribution < 1.29 is 9.63 Å². The Labute approximate surface area is 298 Å². The van der Waals surface area contributed by atoms with Gasteiger partial charge in [-0.15, -0.1) is 18.8 Å². The second-order valence-corrected chi connectivity index (χ2v) is 16.2. The zero-order valence-electron chi connectivity index (χ0n) is 29.2. The predicted molar refractivity (Wildman–Crippen MR) is 200 cm³/mol. The first kappa shape index (κ1) is 35.1. The van der Waals surface area contributed by atoms with Gasteiger partial charge in [0, 0.05) is 33.4 Å². The van der Waals surface area contributed by atoms with Crippen LogP contribution in [0.3, 0.4) is 0 Å². The largest absolute Gasteiger partial charge is 0.377 e. The molecule has 7 unspecified atom stereocenters. The molecule has 5 nitrogen and oxygen atoms in total. The van der Waals surface area contributed by atoms with Gasteiger partial charge < -0.3 is 14.5 Å². The van der Waals surface area contributed by atoms with Crippen LogP contribution in [0.1, 0.15) is 84.5 Å². The van der Waals surface area contributed by atoms with E-state index in [0.717, 1.165) is 63.9 Å². The lowest BCUT2D eigenvalue weighted by Crippen LogP contribution is -2.54. The Morgan fingerprint density at radius 2 is 1.67 bits per heavy atom. The summed E-state index contributed by atoms with van der Waals surface area (Å²) in [5, 5.41) is 15.1. The lowest BCUT2D eigenvalue weighted by Gasteiger charge is -2.58. The average molecular weight is 686 g/mol. The number of hydrogen-bond donors (Lipinski definition) is 1. The zero-order chi connectivity index (χ0) is 33.0. The highest BCUT2D eigenvalue weighted by atomic mass is 35.5. The van der Waals surface area contributed by atoms with Gasteiger partial charge in [0.15, 0.2) is 5.76 Å². The molecule has 3 saturated carbocycles. The highest BCUT2D eigenvalue weighted by Crippen LogP contribution is 2.67. The summed E-state index contributed by atoms with van der Waals surface area (Å²) >= 11 is 1.88. The van der Waals surface area contributed by atoms with Crippen molar-refractivity contribution in [2.75, 3.05) is 24.5 Å². The third-order valence-electron chi connectivity index (χ3n) is 13.1. The number of benzene rings is 2. The number of halogens is 1. The van der Waals surface area contributed by atoms with Crippen LogP contribution < -0.4 is 4.90 Å². The van der Waals surface area contributed by atoms with Gasteiger partial charge >= 0.3 is 0 Å². The summed E-state index contributed by atoms with van der Waals surface area (Å²) in [4.78, 5) is 7.72. The van der Waals surface area contributed by atoms with Crippen LogP contribution in [0.25, 0.3) is 6.08 Å². The Bertz CT molecular complexity index is 1650. The van der Waals surface area contributed by atoms with Gasteiger partial charge in [0.05, 0.1) is 17.6 Å². The maximum atomic E-state index is 11.1. The van der Waals surface area contributed by atoms with Gasteiger partial charge in [-0.1, -0.05) is 80.4 Å². The van der Waals surface area contributed by atoms with Crippen molar-refractivity contribution in [2.24, 2.45) is 28.6 Å². The molecule has 3 aromatic rings. The summed E-state index contributed by atoms with van der Waals surface area (Å²) in [6, 6.07) is 18.0. The van der Waals surface area contributed by atoms with E-state index in [4.69, 9.17) is 10.9 Å². The van der Waals surface area contributed by atoms with E-state index in [1.165, 1.54) is 33.2 Å². The van der Waals surface area contributed by atoms with Crippen LogP contribution in [-0.2, 0) is 6.42 Å². The second kappa shape index (κ2) is 13.6. The number of rotatable bonds is 5. The van der Waals surface area contributed by atoms with Gasteiger partial charge in [0.2, 0.25) is 0 Å². The number of para-hydroxylation sites is 2. The SMILES string of the molecule is C#CC1(O)CCC2C3CCC4=Cc5oncc5CC4(C)C3CCC21C.CCN(CC)C(C)CN1c2ccccc2Sc2ccccc21.Cl. The van der Waals surface area contributed by atoms with E-state index >= 15 is 0 Å². The van der Waals surface area contributed by atoms with Gasteiger partial charge in [-0.05, 0) is 118 Å². The van der Waals surface area contributed by atoms with Crippen molar-refractivity contribution in [3.63, 3.8) is 0 Å². The number of anilines is 2. The summed E-state index contributed by atoms with van der Waals surface area (Å²) in [6.07, 6.45) is 17.4. The molecule has 0 bridgehead atoms. The Morgan fingerprint density at radius 3 is 2.31 bits per heavy atom. The molecule has 0 radical (unpaired) electrons. The number of likely N-dealkylation sites (N-methyl/N-ethyl adjacent to an activating group) is 1. The van der Waals surface area contributed by atoms with Gasteiger partial charge in [0.25, 0.3) is 0 Å². The van der Waals surface area contributed by atoms with Gasteiger partial charge in [-0.25, -0.2) is 0 Å². The molecule has 3 fully saturated rings. The first-order valence-electron chi connectivity index (χ1n) is 17.9. The quantitative estimate of drug-likeness (QED) is 0.270. The monoisotopic (exact) mass is 685 g/mol. The number of nitrogens with zero attached hydrogens (tertiary/aromatic N) is 3. The van der Waals surface area contributed by atoms with Crippen LogP contribution in [0.5, 0.6) is 0 Å². The van der Waals surface area contributed by atoms with E-state index in [2.05, 4.69) is 110 Å². The second-order valence-electron chi connectivity index (χ2n) is 15.1. The zero-order valence-corrected chi connectivity index (χ0v) is 30.9. The standard InChI is InChI=1S/C22H27NO2.C19H24N2S.ClH/c1-4-22(24)10-8-18-16-6-5-15-11-19-14(13-23-25-19)12-20(15,2)17(16)7-9-21(18,22)3;1-4-20(5-2)15(3)14-21-16-10-6-8-12-18(16)22-19-13-9-7-11-17(19)21;/h1,11,13,16-18,24H,5-10,12H2,2-3H3;6-13,15H,4-5,14H2,1-3H3;1H. The minimum atomic E-state index is -0.909. The molecule has 2 aromatic carbocycles. The normalized spacial score (nSPS) is 31.6. The average Bonchev–Trinajstić information content (AvgIpc) is 3.64. The number of allylic oxidation sites excluding steroid dienone is 1. The van der Waals surface area contributed by atoms with Gasteiger partial charge in [-0.2, -0.15) is 0 Å². The fraction of sp³-hybridized carbons (Fsp3) is 0.537. The first-order chi connectivity index (χ1) is 22.7. The Balaban J connectivity index is 0.000000165. The number of aliphatic hydroxyl groups is 1. The molecule has 5 aliphatic rings. The topological polar surface area (TPSA) is 52.7 Å². The van der Waals surface area contributed by atoms with Crippen molar-refractivity contribution in [3.8, 4) is 12.3 Å². The number of aromatic nitrogens is 1. The summed E-state index contributed by atoms with van der Waals surface area (Å²) in [5.74, 6) is 5.64. The summed E-state index contributed by atoms with van der Waals surface area (Å²) in [5.41, 5.74) is 4.67. The minimum Gasteiger partial charge on any atom is -0.377 e. The van der Waals surface area contributed by atoms with E-state index in [1.807, 2.05) is 18.0 Å². The maximum absolute atomic E-state index is 11.1. The molecule has 4 aliphatic carbocycles. The van der Waals surface area contributed by atoms with E-state index < -0.39 is 5.60 Å². The fourth-order valence-corrected chi connectivity index (χ4v) is 11.4. The number of terminal acetylenes is 1. The molecule has 48 heavy (non-hydrogen) atoms. The molecule has 1 aromatic heterocycles. The molecule has 0 spiro atoms. The highest BCUT2D eigenvalue weighted by Gasteiger charge is 2.63. The molecular formula is C41H52ClN3O2S. The van der Waals surface area contributed by atoms with Crippen LogP contribution in [0.15, 0.2) is 74.6 Å². The van der Waals surface area contributed by atoms with Crippen molar-refractivity contribution in [1.82, 2.24) is 10.1 Å². The Morgan fingerprint density at radius 1 is 1.02 bits per heavy atom. The van der Waals surface area contributed by atoms with Crippen LogP contribution in [0.2, 0.25) is 0 Å². The molecule has 1 N–H and O–H groups in total. The van der Waals surface area contributed by atoms with Crippen LogP contribution in [0, 0.1) is 40.9 Å². The highest BCUT2D eigenvalue weighted by molar-refractivity contribution is 7.99. The first-order valence-corrected chi connectivity index (χ1v) is 18.7. The lowest BCUT2D eigenvalue weighted by molar-refractivity contribution is -0.0975. The van der Waals surface area contributed by atoms with Crippen molar-refractivity contribution in [1.29, 1.82) is 0 Å². The molecule has 8 rings (SSSR count). The molecule has 7 atom stereocenters. The van der Waals surface area contributed by atoms with Gasteiger partial charge in [-0.3, -0.25) is 4.90 Å². The molecule has 2 heterocycles. The van der Waals surface area contributed by atoms with E-state index in [1.54, 1.807) is 5.57 Å². The molecule has 7 heteroatoms. The minimum absolute atomic E-state index is 0. The van der Waals surface area contributed by atoms with Crippen molar-refractivity contribution >= 4 is 41.6 Å². The molecule has 0 amide bonds. The van der Waals surface area contributed by atoms with Crippen molar-refractivity contribution in [3.05, 3.63) is 71.6 Å². The predicted octanol–water partition coefficient (Wildman–Crippen LogP) is 9.66. The molecular weight excluding hydrogens is 634 g/mol. The fourth-order valence-electron chi connectivity index (χ4n) is 10.3. The van der Waals surface area contributed by atoms with E-state index in [9.17, 15) is 5.11 Å². The van der Waals surface area contributed by atoms with Crippen molar-refractivity contribution in [2.45, 2.75) is 101 Å². The smallest absolute Gasteiger partial charge is 0.162 e. The van der Waals surface area contributed by atoms with Crippen LogP contribution in [0.4, 0.5) is 11.4 Å². The third kappa shape index (κ3) is 5.63. The Kier molecular flexibility index (Phi) is 9.92. The number of fused-ring (bicyclic) bond motifs is 8. The van der Waals surface area contributed by atoms with Crippen LogP contribution in [-0.4, -0.2) is 46.4 Å². The molecule has 1 aliphatic heterocycles. The van der Waals surface area contributed by atoms with Crippen LogP contribution >= 0.6 is 24.2 Å². The van der Waals surface area contributed by atoms with E-state index in [0.29, 0.717) is 23.8 Å². The molecule has 256 valence electrons. The molecule has 0 saturated heterocycles. The van der Waals surface area contributed by atoms with Gasteiger partial charge in [0.1, 0.15) is 5.60 Å². The summed E-state index contributed by atoms with van der Waals surface area (Å²) in [6.45, 7) is 14.8. The lowest BCUT2D eigenvalue weighted by atomic mass is 9.46. The van der Waals surface area contributed by atoms with E-state index in [-0.39, 0.29) is 23.2 Å². The number of hydrogen-bond acceptors (Lipinski definition) is 6. The summed E-state index contributed by atoms with van der Waals surface area (Å²) in [7, 11) is 0. The maximum Gasteiger partial charge on any atom is 0.162 e. The Hall–Kier alpha value is -2.69. The summed E-state index contributed by atoms with van der Waals surface area (Å²) < 4.78 is 5.43.